The SMILES string of the molecule is C=C(F)/N=C(/CCCC)N(CC)Cc1ccc(-c2ccccc2-c2nnn[n-]2)cc1.[K+]. The number of aliphatic imine (C=N–C) groups is 1. The first-order valence-corrected chi connectivity index (χ1v) is 10.2. The van der Waals surface area contributed by atoms with Gasteiger partial charge in [0.2, 0.25) is 5.95 Å². The molecule has 0 radical (unpaired) electrons. The Balaban J connectivity index is 0.00000341. The summed E-state index contributed by atoms with van der Waals surface area (Å²) in [5.74, 6) is 0.606. The second kappa shape index (κ2) is 13.0. The van der Waals surface area contributed by atoms with Crippen molar-refractivity contribution < 1.29 is 55.8 Å². The number of aromatic nitrogens is 4. The zero-order chi connectivity index (χ0) is 21.3. The summed E-state index contributed by atoms with van der Waals surface area (Å²) in [6.07, 6.45) is 2.73. The van der Waals surface area contributed by atoms with Crippen molar-refractivity contribution in [3.63, 3.8) is 0 Å². The summed E-state index contributed by atoms with van der Waals surface area (Å²) in [6.45, 7) is 8.87. The summed E-state index contributed by atoms with van der Waals surface area (Å²) in [7, 11) is 0. The monoisotopic (exact) mass is 444 g/mol. The summed E-state index contributed by atoms with van der Waals surface area (Å²) < 4.78 is 13.4. The van der Waals surface area contributed by atoms with Crippen LogP contribution in [0.5, 0.6) is 0 Å². The Morgan fingerprint density at radius 1 is 1.10 bits per heavy atom. The molecule has 0 saturated heterocycles. The molecule has 156 valence electrons. The van der Waals surface area contributed by atoms with Crippen LogP contribution in [-0.2, 0) is 6.54 Å². The van der Waals surface area contributed by atoms with Gasteiger partial charge in [-0.2, -0.15) is 9.60 Å². The van der Waals surface area contributed by atoms with Crippen LogP contribution in [0.1, 0.15) is 38.7 Å². The first-order valence-electron chi connectivity index (χ1n) is 10.2. The number of hydrogen-bond acceptors (Lipinski definition) is 4. The van der Waals surface area contributed by atoms with E-state index in [1.54, 1.807) is 0 Å². The minimum absolute atomic E-state index is 0. The Morgan fingerprint density at radius 2 is 1.81 bits per heavy atom. The number of benzene rings is 2. The van der Waals surface area contributed by atoms with E-state index in [0.29, 0.717) is 12.4 Å². The molecule has 2 aromatic carbocycles. The van der Waals surface area contributed by atoms with E-state index < -0.39 is 5.95 Å². The van der Waals surface area contributed by atoms with Crippen molar-refractivity contribution in [1.82, 2.24) is 25.5 Å². The zero-order valence-corrected chi connectivity index (χ0v) is 21.5. The fourth-order valence-electron chi connectivity index (χ4n) is 3.34. The molecule has 31 heavy (non-hydrogen) atoms. The average molecular weight is 445 g/mol. The molecular formula is C23H26FKN6. The van der Waals surface area contributed by atoms with Crippen molar-refractivity contribution in [1.29, 1.82) is 0 Å². The van der Waals surface area contributed by atoms with Crippen LogP contribution >= 0.6 is 0 Å². The molecule has 0 spiro atoms. The maximum absolute atomic E-state index is 13.4. The van der Waals surface area contributed by atoms with E-state index in [0.717, 1.165) is 53.9 Å². The zero-order valence-electron chi connectivity index (χ0n) is 18.4. The molecule has 0 bridgehead atoms. The molecular weight excluding hydrogens is 418 g/mol. The van der Waals surface area contributed by atoms with Crippen molar-refractivity contribution in [2.45, 2.75) is 39.7 Å². The smallest absolute Gasteiger partial charge is 0.356 e. The van der Waals surface area contributed by atoms with E-state index in [9.17, 15) is 4.39 Å². The number of hydrogen-bond donors (Lipinski definition) is 0. The summed E-state index contributed by atoms with van der Waals surface area (Å²) >= 11 is 0. The van der Waals surface area contributed by atoms with Gasteiger partial charge in [-0.05, 0) is 42.2 Å². The van der Waals surface area contributed by atoms with Crippen LogP contribution in [0.15, 0.2) is 66.1 Å². The van der Waals surface area contributed by atoms with Crippen LogP contribution in [0.2, 0.25) is 0 Å². The normalized spacial score (nSPS) is 11.1. The van der Waals surface area contributed by atoms with E-state index in [4.69, 9.17) is 0 Å². The van der Waals surface area contributed by atoms with Crippen LogP contribution in [-0.4, -0.2) is 32.8 Å². The first-order chi connectivity index (χ1) is 14.6. The van der Waals surface area contributed by atoms with Crippen molar-refractivity contribution in [3.8, 4) is 22.5 Å². The van der Waals surface area contributed by atoms with E-state index in [1.807, 2.05) is 24.3 Å². The number of nitrogens with zero attached hydrogens (tertiary/aromatic N) is 6. The first kappa shape index (κ1) is 25.5. The Bertz CT molecular complexity index is 986. The minimum Gasteiger partial charge on any atom is -0.356 e. The third-order valence-corrected chi connectivity index (χ3v) is 4.88. The van der Waals surface area contributed by atoms with Gasteiger partial charge in [-0.15, -0.1) is 0 Å². The maximum atomic E-state index is 13.4. The van der Waals surface area contributed by atoms with Crippen LogP contribution in [0.4, 0.5) is 4.39 Å². The van der Waals surface area contributed by atoms with Crippen molar-refractivity contribution in [3.05, 3.63) is 66.6 Å². The topological polar surface area (TPSA) is 68.4 Å². The third-order valence-electron chi connectivity index (χ3n) is 4.88. The van der Waals surface area contributed by atoms with Crippen LogP contribution in [0.25, 0.3) is 22.5 Å². The Hall–Kier alpha value is -1.71. The van der Waals surface area contributed by atoms with Crippen LogP contribution in [0, 0.1) is 0 Å². The number of tetrazole rings is 1. The van der Waals surface area contributed by atoms with Gasteiger partial charge >= 0.3 is 51.4 Å². The Kier molecular flexibility index (Phi) is 10.7. The van der Waals surface area contributed by atoms with Crippen LogP contribution < -0.4 is 56.5 Å². The molecule has 0 aliphatic rings. The van der Waals surface area contributed by atoms with E-state index in [-0.39, 0.29) is 51.4 Å². The predicted molar refractivity (Wildman–Crippen MR) is 117 cm³/mol. The van der Waals surface area contributed by atoms with E-state index >= 15 is 0 Å². The molecule has 0 unspecified atom stereocenters. The molecule has 0 saturated carbocycles. The Labute approximate surface area is 225 Å². The summed E-state index contributed by atoms with van der Waals surface area (Å²) in [4.78, 5) is 6.14. The van der Waals surface area contributed by atoms with Gasteiger partial charge in [0.15, 0.2) is 0 Å². The minimum atomic E-state index is -0.648. The molecule has 0 aliphatic carbocycles. The molecule has 6 nitrogen and oxygen atoms in total. The fraction of sp³-hybridized carbons (Fsp3) is 0.304. The molecule has 1 heterocycles. The Morgan fingerprint density at radius 3 is 2.39 bits per heavy atom. The van der Waals surface area contributed by atoms with Gasteiger partial charge in [0.1, 0.15) is 5.84 Å². The summed E-state index contributed by atoms with van der Waals surface area (Å²) in [5, 5.41) is 15.1. The van der Waals surface area contributed by atoms with Crippen LogP contribution in [0.3, 0.4) is 0 Å². The van der Waals surface area contributed by atoms with Gasteiger partial charge in [0.25, 0.3) is 0 Å². The molecule has 1 aromatic heterocycles. The molecule has 8 heteroatoms. The van der Waals surface area contributed by atoms with Crippen molar-refractivity contribution >= 4 is 5.84 Å². The molecule has 0 N–H and O–H groups in total. The van der Waals surface area contributed by atoms with Gasteiger partial charge in [0.05, 0.1) is 0 Å². The second-order valence-corrected chi connectivity index (χ2v) is 6.97. The largest absolute Gasteiger partial charge is 1.00 e. The van der Waals surface area contributed by atoms with Gasteiger partial charge in [-0.25, -0.2) is 4.99 Å². The molecule has 0 atom stereocenters. The summed E-state index contributed by atoms with van der Waals surface area (Å²) in [6, 6.07) is 16.2. The molecule has 0 aliphatic heterocycles. The van der Waals surface area contributed by atoms with Crippen molar-refractivity contribution in [2.75, 3.05) is 6.54 Å². The van der Waals surface area contributed by atoms with Gasteiger partial charge in [-0.3, -0.25) is 10.3 Å². The van der Waals surface area contributed by atoms with Gasteiger partial charge in [0, 0.05) is 25.3 Å². The van der Waals surface area contributed by atoms with E-state index in [1.165, 1.54) is 0 Å². The second-order valence-electron chi connectivity index (χ2n) is 6.97. The van der Waals surface area contributed by atoms with Gasteiger partial charge < -0.3 is 10.00 Å². The molecule has 0 amide bonds. The average Bonchev–Trinajstić information content (AvgIpc) is 3.30. The summed E-state index contributed by atoms with van der Waals surface area (Å²) in [5.41, 5.74) is 4.09. The third kappa shape index (κ3) is 7.15. The number of unbranched alkanes of at least 4 members (excludes halogenated alkanes) is 1. The standard InChI is InChI=1S/C23H26FN6.K/c1-4-6-11-22(25-17(3)24)30(5-2)16-18-12-14-19(15-13-18)20-9-7-8-10-21(20)23-26-28-29-27-23;/h7-10,12-15H,3-6,11,16H2,1-2H3;/q-1;+1/b25-22-;. The number of halogens is 1. The molecule has 0 fully saturated rings. The van der Waals surface area contributed by atoms with E-state index in [2.05, 4.69) is 75.2 Å². The quantitative estimate of drug-likeness (QED) is 0.219. The molecule has 3 rings (SSSR count). The van der Waals surface area contributed by atoms with Crippen molar-refractivity contribution in [2.24, 2.45) is 4.99 Å². The predicted octanol–water partition coefficient (Wildman–Crippen LogP) is 2.02. The number of amidine groups is 1. The van der Waals surface area contributed by atoms with Gasteiger partial charge in [-0.1, -0.05) is 61.9 Å². The molecule has 3 aromatic rings. The number of rotatable bonds is 9. The fourth-order valence-corrected chi connectivity index (χ4v) is 3.34. The maximum Gasteiger partial charge on any atom is 1.00 e.